The molecule has 2 N–H and O–H groups in total. The molecule has 0 fully saturated rings. The smallest absolute Gasteiger partial charge is 0.128 e. The summed E-state index contributed by atoms with van der Waals surface area (Å²) < 4.78 is 26.9. The Morgan fingerprint density at radius 1 is 1.10 bits per heavy atom. The molecule has 0 spiro atoms. The summed E-state index contributed by atoms with van der Waals surface area (Å²) in [6.07, 6.45) is 0. The third-order valence-electron chi connectivity index (χ3n) is 3.43. The minimum atomic E-state index is -0.474. The maximum absolute atomic E-state index is 13.7. The topological polar surface area (TPSA) is 32.3 Å². The van der Waals surface area contributed by atoms with Gasteiger partial charge in [-0.3, -0.25) is 0 Å². The number of hydrogen-bond donors (Lipinski definition) is 2. The first kappa shape index (κ1) is 14.3. The zero-order valence-electron chi connectivity index (χ0n) is 11.7. The molecule has 20 heavy (non-hydrogen) atoms. The van der Waals surface area contributed by atoms with Gasteiger partial charge in [-0.05, 0) is 50.6 Å². The number of halogens is 2. The molecule has 1 unspecified atom stereocenters. The summed E-state index contributed by atoms with van der Waals surface area (Å²) in [6, 6.07) is 6.57. The Hall–Kier alpha value is -2.10. The number of aromatic hydroxyl groups is 1. The first-order chi connectivity index (χ1) is 9.40. The van der Waals surface area contributed by atoms with Crippen LogP contribution in [0.5, 0.6) is 5.75 Å². The summed E-state index contributed by atoms with van der Waals surface area (Å²) >= 11 is 0. The van der Waals surface area contributed by atoms with Gasteiger partial charge in [0, 0.05) is 16.8 Å². The van der Waals surface area contributed by atoms with Gasteiger partial charge in [0.25, 0.3) is 0 Å². The SMILES string of the molecule is Cc1ccc(NC(C)c2cc(F)ccc2F)c(C)c1O. The fourth-order valence-electron chi connectivity index (χ4n) is 2.15. The first-order valence-corrected chi connectivity index (χ1v) is 6.40. The van der Waals surface area contributed by atoms with Gasteiger partial charge in [-0.15, -0.1) is 0 Å². The number of anilines is 1. The standard InChI is InChI=1S/C16H17F2NO/c1-9-4-7-15(10(2)16(9)20)19-11(3)13-8-12(17)5-6-14(13)18/h4-8,11,19-20H,1-3H3. The van der Waals surface area contributed by atoms with Crippen LogP contribution in [0, 0.1) is 25.5 Å². The third kappa shape index (κ3) is 2.74. The van der Waals surface area contributed by atoms with Crippen molar-refractivity contribution >= 4 is 5.69 Å². The molecule has 0 aliphatic heterocycles. The van der Waals surface area contributed by atoms with Crippen molar-refractivity contribution in [1.29, 1.82) is 0 Å². The largest absolute Gasteiger partial charge is 0.507 e. The molecule has 2 aromatic carbocycles. The van der Waals surface area contributed by atoms with Crippen molar-refractivity contribution < 1.29 is 13.9 Å². The van der Waals surface area contributed by atoms with Crippen molar-refractivity contribution in [3.8, 4) is 5.75 Å². The van der Waals surface area contributed by atoms with Crippen molar-refractivity contribution in [2.24, 2.45) is 0 Å². The summed E-state index contributed by atoms with van der Waals surface area (Å²) in [6.45, 7) is 5.33. The second-order valence-corrected chi connectivity index (χ2v) is 4.94. The summed E-state index contributed by atoms with van der Waals surface area (Å²) in [5.74, 6) is -0.721. The average molecular weight is 277 g/mol. The van der Waals surface area contributed by atoms with Crippen LogP contribution in [0.1, 0.15) is 29.7 Å². The van der Waals surface area contributed by atoms with Crippen LogP contribution < -0.4 is 5.32 Å². The van der Waals surface area contributed by atoms with Crippen molar-refractivity contribution in [2.75, 3.05) is 5.32 Å². The highest BCUT2D eigenvalue weighted by Gasteiger charge is 2.14. The molecule has 0 saturated heterocycles. The number of benzene rings is 2. The first-order valence-electron chi connectivity index (χ1n) is 6.40. The Morgan fingerprint density at radius 3 is 2.50 bits per heavy atom. The third-order valence-corrected chi connectivity index (χ3v) is 3.43. The normalized spacial score (nSPS) is 12.2. The van der Waals surface area contributed by atoms with Crippen LogP contribution in [0.4, 0.5) is 14.5 Å². The van der Waals surface area contributed by atoms with E-state index in [1.807, 2.05) is 13.0 Å². The van der Waals surface area contributed by atoms with Crippen molar-refractivity contribution in [3.05, 3.63) is 58.7 Å². The fraction of sp³-hybridized carbons (Fsp3) is 0.250. The number of aryl methyl sites for hydroxylation is 1. The van der Waals surface area contributed by atoms with E-state index in [0.29, 0.717) is 11.3 Å². The Bertz CT molecular complexity index is 641. The molecular formula is C16H17F2NO. The quantitative estimate of drug-likeness (QED) is 0.868. The second-order valence-electron chi connectivity index (χ2n) is 4.94. The Labute approximate surface area is 117 Å². The second kappa shape index (κ2) is 5.49. The van der Waals surface area contributed by atoms with Crippen LogP contribution in [0.15, 0.2) is 30.3 Å². The molecule has 0 bridgehead atoms. The van der Waals surface area contributed by atoms with E-state index < -0.39 is 17.7 Å². The predicted molar refractivity (Wildman–Crippen MR) is 76.0 cm³/mol. The molecular weight excluding hydrogens is 260 g/mol. The summed E-state index contributed by atoms with van der Waals surface area (Å²) in [7, 11) is 0. The highest BCUT2D eigenvalue weighted by Crippen LogP contribution is 2.31. The van der Waals surface area contributed by atoms with E-state index in [1.165, 1.54) is 6.07 Å². The molecule has 4 heteroatoms. The number of hydrogen-bond acceptors (Lipinski definition) is 2. The molecule has 2 aromatic rings. The zero-order valence-corrected chi connectivity index (χ0v) is 11.7. The predicted octanol–water partition coefficient (Wildman–Crippen LogP) is 4.46. The lowest BCUT2D eigenvalue weighted by Gasteiger charge is -2.19. The average Bonchev–Trinajstić information content (AvgIpc) is 2.42. The van der Waals surface area contributed by atoms with Crippen LogP contribution in [0.3, 0.4) is 0 Å². The maximum Gasteiger partial charge on any atom is 0.128 e. The van der Waals surface area contributed by atoms with Gasteiger partial charge < -0.3 is 10.4 Å². The van der Waals surface area contributed by atoms with Crippen molar-refractivity contribution in [2.45, 2.75) is 26.8 Å². The van der Waals surface area contributed by atoms with Crippen molar-refractivity contribution in [3.63, 3.8) is 0 Å². The van der Waals surface area contributed by atoms with E-state index in [0.717, 1.165) is 17.7 Å². The van der Waals surface area contributed by atoms with Gasteiger partial charge in [0.1, 0.15) is 17.4 Å². The molecule has 0 saturated carbocycles. The van der Waals surface area contributed by atoms with Gasteiger partial charge in [0.15, 0.2) is 0 Å². The van der Waals surface area contributed by atoms with Gasteiger partial charge in [-0.2, -0.15) is 0 Å². The highest BCUT2D eigenvalue weighted by molar-refractivity contribution is 5.59. The number of nitrogens with one attached hydrogen (secondary N) is 1. The summed E-state index contributed by atoms with van der Waals surface area (Å²) in [5.41, 5.74) is 2.42. The molecule has 0 aliphatic carbocycles. The highest BCUT2D eigenvalue weighted by atomic mass is 19.1. The lowest BCUT2D eigenvalue weighted by atomic mass is 10.0. The van der Waals surface area contributed by atoms with E-state index in [9.17, 15) is 13.9 Å². The molecule has 0 amide bonds. The van der Waals surface area contributed by atoms with Gasteiger partial charge in [-0.25, -0.2) is 8.78 Å². The molecule has 0 aliphatic rings. The fourth-order valence-corrected chi connectivity index (χ4v) is 2.15. The molecule has 2 rings (SSSR count). The lowest BCUT2D eigenvalue weighted by molar-refractivity contribution is 0.467. The van der Waals surface area contributed by atoms with E-state index in [1.54, 1.807) is 19.9 Å². The minimum Gasteiger partial charge on any atom is -0.507 e. The molecule has 2 nitrogen and oxygen atoms in total. The summed E-state index contributed by atoms with van der Waals surface area (Å²) in [4.78, 5) is 0. The van der Waals surface area contributed by atoms with Crippen LogP contribution in [-0.4, -0.2) is 5.11 Å². The monoisotopic (exact) mass is 277 g/mol. The van der Waals surface area contributed by atoms with Crippen molar-refractivity contribution in [1.82, 2.24) is 0 Å². The number of phenols is 1. The Kier molecular flexibility index (Phi) is 3.93. The van der Waals surface area contributed by atoms with E-state index >= 15 is 0 Å². The van der Waals surface area contributed by atoms with E-state index in [-0.39, 0.29) is 11.3 Å². The van der Waals surface area contributed by atoms with Crippen LogP contribution in [-0.2, 0) is 0 Å². The molecule has 1 atom stereocenters. The van der Waals surface area contributed by atoms with Crippen LogP contribution in [0.25, 0.3) is 0 Å². The molecule has 106 valence electrons. The van der Waals surface area contributed by atoms with Gasteiger partial charge in [0.2, 0.25) is 0 Å². The van der Waals surface area contributed by atoms with Gasteiger partial charge >= 0.3 is 0 Å². The molecule has 0 aromatic heterocycles. The molecule has 0 heterocycles. The van der Waals surface area contributed by atoms with Gasteiger partial charge in [0.05, 0.1) is 6.04 Å². The van der Waals surface area contributed by atoms with Gasteiger partial charge in [-0.1, -0.05) is 6.07 Å². The Balaban J connectivity index is 2.30. The number of rotatable bonds is 3. The number of phenolic OH excluding ortho intramolecular Hbond substituents is 1. The van der Waals surface area contributed by atoms with Crippen LogP contribution in [0.2, 0.25) is 0 Å². The lowest BCUT2D eigenvalue weighted by Crippen LogP contribution is -2.10. The maximum atomic E-state index is 13.7. The van der Waals surface area contributed by atoms with Crippen LogP contribution >= 0.6 is 0 Å². The van der Waals surface area contributed by atoms with E-state index in [2.05, 4.69) is 5.32 Å². The summed E-state index contributed by atoms with van der Waals surface area (Å²) in [5, 5.41) is 13.0. The Morgan fingerprint density at radius 2 is 1.80 bits per heavy atom. The van der Waals surface area contributed by atoms with E-state index in [4.69, 9.17) is 0 Å². The molecule has 0 radical (unpaired) electrons. The minimum absolute atomic E-state index is 0.210. The zero-order chi connectivity index (χ0) is 14.9.